The van der Waals surface area contributed by atoms with Crippen molar-refractivity contribution in [2.75, 3.05) is 12.3 Å². The number of sulfonamides is 1. The van der Waals surface area contributed by atoms with E-state index in [9.17, 15) is 13.2 Å². The summed E-state index contributed by atoms with van der Waals surface area (Å²) in [5.41, 5.74) is 0. The second-order valence-corrected chi connectivity index (χ2v) is 6.23. The zero-order chi connectivity index (χ0) is 12.2. The molecule has 1 rings (SSSR count). The Morgan fingerprint density at radius 2 is 2.12 bits per heavy atom. The average Bonchev–Trinajstić information content (AvgIpc) is 2.62. The van der Waals surface area contributed by atoms with E-state index in [1.54, 1.807) is 6.92 Å². The maximum Gasteiger partial charge on any atom is 0.306 e. The Hall–Kier alpha value is -0.620. The highest BCUT2D eigenvalue weighted by molar-refractivity contribution is 7.89. The van der Waals surface area contributed by atoms with Crippen LogP contribution in [0.2, 0.25) is 0 Å². The molecule has 0 amide bonds. The second-order valence-electron chi connectivity index (χ2n) is 4.30. The third-order valence-corrected chi connectivity index (χ3v) is 4.57. The van der Waals surface area contributed by atoms with Crippen LogP contribution in [-0.2, 0) is 14.8 Å². The molecule has 0 aromatic heterocycles. The topological polar surface area (TPSA) is 83.5 Å². The summed E-state index contributed by atoms with van der Waals surface area (Å²) in [6.07, 6.45) is 2.90. The van der Waals surface area contributed by atoms with E-state index in [4.69, 9.17) is 5.11 Å². The van der Waals surface area contributed by atoms with E-state index in [0.29, 0.717) is 12.8 Å². The fraction of sp³-hybridized carbons (Fsp3) is 0.900. The molecule has 5 nitrogen and oxygen atoms in total. The van der Waals surface area contributed by atoms with Crippen molar-refractivity contribution in [3.63, 3.8) is 0 Å². The molecule has 2 atom stereocenters. The summed E-state index contributed by atoms with van der Waals surface area (Å²) < 4.78 is 25.3. The van der Waals surface area contributed by atoms with E-state index >= 15 is 0 Å². The van der Waals surface area contributed by atoms with Crippen molar-refractivity contribution < 1.29 is 18.3 Å². The van der Waals surface area contributed by atoms with Crippen molar-refractivity contribution in [3.8, 4) is 0 Å². The summed E-state index contributed by atoms with van der Waals surface area (Å²) in [5, 5.41) is 8.94. The zero-order valence-electron chi connectivity index (χ0n) is 9.48. The van der Waals surface area contributed by atoms with Crippen LogP contribution in [0.25, 0.3) is 0 Å². The molecule has 0 spiro atoms. The first-order valence-corrected chi connectivity index (χ1v) is 7.31. The van der Waals surface area contributed by atoms with E-state index in [1.807, 2.05) is 0 Å². The molecule has 6 heteroatoms. The van der Waals surface area contributed by atoms with Crippen LogP contribution in [0.15, 0.2) is 0 Å². The molecule has 1 saturated carbocycles. The summed E-state index contributed by atoms with van der Waals surface area (Å²) in [7, 11) is -3.21. The van der Waals surface area contributed by atoms with Crippen LogP contribution in [0.5, 0.6) is 0 Å². The zero-order valence-corrected chi connectivity index (χ0v) is 10.3. The van der Waals surface area contributed by atoms with Crippen molar-refractivity contribution in [2.24, 2.45) is 11.8 Å². The number of rotatable bonds is 6. The van der Waals surface area contributed by atoms with Gasteiger partial charge in [0.15, 0.2) is 0 Å². The largest absolute Gasteiger partial charge is 0.481 e. The first-order chi connectivity index (χ1) is 7.46. The fourth-order valence-corrected chi connectivity index (χ4v) is 3.33. The van der Waals surface area contributed by atoms with Crippen molar-refractivity contribution in [2.45, 2.75) is 32.6 Å². The Kier molecular flexibility index (Phi) is 4.73. The van der Waals surface area contributed by atoms with E-state index in [0.717, 1.165) is 12.8 Å². The maximum absolute atomic E-state index is 11.4. The summed E-state index contributed by atoms with van der Waals surface area (Å²) in [6.45, 7) is 2.06. The molecular weight excluding hydrogens is 230 g/mol. The molecule has 0 saturated heterocycles. The second kappa shape index (κ2) is 5.63. The van der Waals surface area contributed by atoms with E-state index in [2.05, 4.69) is 4.72 Å². The highest BCUT2D eigenvalue weighted by Gasteiger charge is 2.33. The molecule has 0 aromatic carbocycles. The van der Waals surface area contributed by atoms with Gasteiger partial charge in [-0.05, 0) is 25.2 Å². The summed E-state index contributed by atoms with van der Waals surface area (Å²) in [6, 6.07) is 0. The molecule has 1 fully saturated rings. The van der Waals surface area contributed by atoms with Crippen molar-refractivity contribution in [1.82, 2.24) is 4.72 Å². The number of carboxylic acid groups (broad SMARTS) is 1. The minimum atomic E-state index is -3.21. The SMILES string of the molecule is CCCS(=O)(=O)NCC1CCCC1C(=O)O. The lowest BCUT2D eigenvalue weighted by atomic mass is 9.97. The molecule has 1 aliphatic carbocycles. The van der Waals surface area contributed by atoms with Crippen LogP contribution < -0.4 is 4.72 Å². The van der Waals surface area contributed by atoms with Gasteiger partial charge in [-0.1, -0.05) is 13.3 Å². The lowest BCUT2D eigenvalue weighted by molar-refractivity contribution is -0.142. The van der Waals surface area contributed by atoms with Gasteiger partial charge in [0.2, 0.25) is 10.0 Å². The molecule has 2 unspecified atom stereocenters. The van der Waals surface area contributed by atoms with Crippen LogP contribution in [0.3, 0.4) is 0 Å². The summed E-state index contributed by atoms with van der Waals surface area (Å²) >= 11 is 0. The van der Waals surface area contributed by atoms with Gasteiger partial charge in [0.1, 0.15) is 0 Å². The van der Waals surface area contributed by atoms with E-state index in [1.165, 1.54) is 0 Å². The quantitative estimate of drug-likeness (QED) is 0.730. The predicted octanol–water partition coefficient (Wildman–Crippen LogP) is 0.817. The Morgan fingerprint density at radius 1 is 1.44 bits per heavy atom. The normalized spacial score (nSPS) is 25.8. The van der Waals surface area contributed by atoms with Crippen molar-refractivity contribution in [3.05, 3.63) is 0 Å². The Morgan fingerprint density at radius 3 is 2.69 bits per heavy atom. The Bertz CT molecular complexity index is 339. The number of carbonyl (C=O) groups is 1. The minimum absolute atomic E-state index is 0.0517. The van der Waals surface area contributed by atoms with Gasteiger partial charge in [-0.15, -0.1) is 0 Å². The molecule has 0 heterocycles. The van der Waals surface area contributed by atoms with Crippen LogP contribution in [-0.4, -0.2) is 31.8 Å². The molecule has 2 N–H and O–H groups in total. The number of carboxylic acids is 1. The molecule has 16 heavy (non-hydrogen) atoms. The first-order valence-electron chi connectivity index (χ1n) is 5.66. The first kappa shape index (κ1) is 13.4. The number of nitrogens with one attached hydrogen (secondary N) is 1. The van der Waals surface area contributed by atoms with Gasteiger partial charge in [-0.3, -0.25) is 4.79 Å². The Balaban J connectivity index is 2.46. The number of aliphatic carboxylic acids is 1. The van der Waals surface area contributed by atoms with Crippen LogP contribution in [0, 0.1) is 11.8 Å². The van der Waals surface area contributed by atoms with Gasteiger partial charge in [-0.2, -0.15) is 0 Å². The number of hydrogen-bond acceptors (Lipinski definition) is 3. The average molecular weight is 249 g/mol. The molecule has 0 aliphatic heterocycles. The van der Waals surface area contributed by atoms with Crippen molar-refractivity contribution >= 4 is 16.0 Å². The van der Waals surface area contributed by atoms with E-state index < -0.39 is 16.0 Å². The van der Waals surface area contributed by atoms with Crippen molar-refractivity contribution in [1.29, 1.82) is 0 Å². The number of hydrogen-bond donors (Lipinski definition) is 2. The smallest absolute Gasteiger partial charge is 0.306 e. The molecule has 0 radical (unpaired) electrons. The molecule has 0 bridgehead atoms. The highest BCUT2D eigenvalue weighted by Crippen LogP contribution is 2.31. The van der Waals surface area contributed by atoms with E-state index in [-0.39, 0.29) is 24.1 Å². The van der Waals surface area contributed by atoms with Gasteiger partial charge < -0.3 is 5.11 Å². The van der Waals surface area contributed by atoms with Crippen LogP contribution >= 0.6 is 0 Å². The molecule has 94 valence electrons. The van der Waals surface area contributed by atoms with Crippen LogP contribution in [0.4, 0.5) is 0 Å². The lowest BCUT2D eigenvalue weighted by Gasteiger charge is -2.16. The summed E-state index contributed by atoms with van der Waals surface area (Å²) in [5.74, 6) is -1.14. The molecule has 0 aromatic rings. The minimum Gasteiger partial charge on any atom is -0.481 e. The van der Waals surface area contributed by atoms with Crippen LogP contribution in [0.1, 0.15) is 32.6 Å². The highest BCUT2D eigenvalue weighted by atomic mass is 32.2. The standard InChI is InChI=1S/C10H19NO4S/c1-2-6-16(14,15)11-7-8-4-3-5-9(8)10(12)13/h8-9,11H,2-7H2,1H3,(H,12,13). The molecular formula is C10H19NO4S. The van der Waals surface area contributed by atoms with Gasteiger partial charge in [0.25, 0.3) is 0 Å². The third kappa shape index (κ3) is 3.75. The summed E-state index contributed by atoms with van der Waals surface area (Å²) in [4.78, 5) is 10.9. The van der Waals surface area contributed by atoms with Gasteiger partial charge in [-0.25, -0.2) is 13.1 Å². The lowest BCUT2D eigenvalue weighted by Crippen LogP contribution is -2.34. The van der Waals surface area contributed by atoms with Gasteiger partial charge in [0, 0.05) is 6.54 Å². The Labute approximate surface area is 96.3 Å². The van der Waals surface area contributed by atoms with Gasteiger partial charge >= 0.3 is 5.97 Å². The third-order valence-electron chi connectivity index (χ3n) is 3.01. The molecule has 1 aliphatic rings. The monoisotopic (exact) mass is 249 g/mol. The maximum atomic E-state index is 11.4. The fourth-order valence-electron chi connectivity index (χ4n) is 2.18. The predicted molar refractivity (Wildman–Crippen MR) is 60.5 cm³/mol. The van der Waals surface area contributed by atoms with Gasteiger partial charge in [0.05, 0.1) is 11.7 Å².